The maximum absolute atomic E-state index is 5.80. The summed E-state index contributed by atoms with van der Waals surface area (Å²) < 4.78 is 0. The minimum absolute atomic E-state index is 0.445. The third-order valence-corrected chi connectivity index (χ3v) is 2.21. The van der Waals surface area contributed by atoms with Crippen LogP contribution in [-0.2, 0) is 4.84 Å². The molecule has 0 aromatic heterocycles. The van der Waals surface area contributed by atoms with Crippen molar-refractivity contribution >= 4 is 28.9 Å². The molecule has 1 rings (SSSR count). The molecule has 0 fully saturated rings. The van der Waals surface area contributed by atoms with Gasteiger partial charge < -0.3 is 10.2 Å². The number of hydrogen-bond donors (Lipinski definition) is 2. The Balaban J connectivity index is 2.53. The number of anilines is 1. The number of nitrogens with two attached hydrogens (primary N) is 1. The Kier molecular flexibility index (Phi) is 4.32. The van der Waals surface area contributed by atoms with Crippen molar-refractivity contribution in [2.24, 2.45) is 5.90 Å². The average molecular weight is 221 g/mol. The molecule has 5 heteroatoms. The van der Waals surface area contributed by atoms with E-state index in [1.54, 1.807) is 12.1 Å². The predicted octanol–water partition coefficient (Wildman–Crippen LogP) is 2.30. The van der Waals surface area contributed by atoms with Gasteiger partial charge in [-0.1, -0.05) is 23.2 Å². The Hall–Kier alpha value is -0.480. The van der Waals surface area contributed by atoms with Crippen LogP contribution in [0.15, 0.2) is 18.2 Å². The van der Waals surface area contributed by atoms with Gasteiger partial charge in [0, 0.05) is 12.2 Å². The van der Waals surface area contributed by atoms with E-state index in [1.807, 2.05) is 6.07 Å². The molecule has 0 bridgehead atoms. The molecule has 1 aromatic rings. The highest BCUT2D eigenvalue weighted by molar-refractivity contribution is 6.42. The summed E-state index contributed by atoms with van der Waals surface area (Å²) in [7, 11) is 0. The van der Waals surface area contributed by atoms with Crippen molar-refractivity contribution in [3.05, 3.63) is 28.2 Å². The zero-order chi connectivity index (χ0) is 9.68. The van der Waals surface area contributed by atoms with Crippen LogP contribution < -0.4 is 11.2 Å². The molecule has 0 aliphatic heterocycles. The Morgan fingerprint density at radius 1 is 1.31 bits per heavy atom. The predicted molar refractivity (Wildman–Crippen MR) is 55.1 cm³/mol. The molecule has 0 heterocycles. The maximum Gasteiger partial charge on any atom is 0.0851 e. The molecule has 0 unspecified atom stereocenters. The molecule has 0 aliphatic carbocycles. The Morgan fingerprint density at radius 2 is 2.08 bits per heavy atom. The second kappa shape index (κ2) is 5.29. The third-order valence-electron chi connectivity index (χ3n) is 1.47. The number of hydrogen-bond acceptors (Lipinski definition) is 3. The van der Waals surface area contributed by atoms with E-state index in [0.29, 0.717) is 23.2 Å². The molecule has 0 spiro atoms. The van der Waals surface area contributed by atoms with Crippen molar-refractivity contribution in [2.45, 2.75) is 0 Å². The maximum atomic E-state index is 5.80. The lowest BCUT2D eigenvalue weighted by Crippen LogP contribution is -2.12. The van der Waals surface area contributed by atoms with Gasteiger partial charge in [-0.05, 0) is 18.2 Å². The van der Waals surface area contributed by atoms with Gasteiger partial charge in [0.25, 0.3) is 0 Å². The first kappa shape index (κ1) is 10.6. The van der Waals surface area contributed by atoms with Crippen molar-refractivity contribution in [2.75, 3.05) is 18.5 Å². The summed E-state index contributed by atoms with van der Waals surface area (Å²) in [4.78, 5) is 4.40. The van der Waals surface area contributed by atoms with Crippen LogP contribution in [0.2, 0.25) is 10.0 Å². The molecule has 0 saturated carbocycles. The highest BCUT2D eigenvalue weighted by Gasteiger charge is 1.97. The van der Waals surface area contributed by atoms with E-state index in [-0.39, 0.29) is 0 Å². The molecule has 13 heavy (non-hydrogen) atoms. The zero-order valence-corrected chi connectivity index (χ0v) is 8.40. The largest absolute Gasteiger partial charge is 0.383 e. The zero-order valence-electron chi connectivity index (χ0n) is 6.89. The van der Waals surface area contributed by atoms with Crippen LogP contribution in [0.5, 0.6) is 0 Å². The van der Waals surface area contributed by atoms with Gasteiger partial charge in [0.15, 0.2) is 0 Å². The second-order valence-corrected chi connectivity index (χ2v) is 3.24. The van der Waals surface area contributed by atoms with Gasteiger partial charge in [-0.3, -0.25) is 0 Å². The van der Waals surface area contributed by atoms with Crippen LogP contribution in [0.1, 0.15) is 0 Å². The Labute approximate surface area is 86.7 Å². The van der Waals surface area contributed by atoms with Crippen molar-refractivity contribution in [1.82, 2.24) is 0 Å². The second-order valence-electron chi connectivity index (χ2n) is 2.43. The smallest absolute Gasteiger partial charge is 0.0851 e. The standard InChI is InChI=1S/C8H10Cl2N2O/c9-7-2-1-6(5-8(7)10)12-3-4-13-11/h1-2,5,12H,3-4,11H2. The monoisotopic (exact) mass is 220 g/mol. The van der Waals surface area contributed by atoms with Gasteiger partial charge in [0.1, 0.15) is 0 Å². The van der Waals surface area contributed by atoms with Gasteiger partial charge in [-0.15, -0.1) is 0 Å². The van der Waals surface area contributed by atoms with Crippen LogP contribution in [0.4, 0.5) is 5.69 Å². The summed E-state index contributed by atoms with van der Waals surface area (Å²) in [6.07, 6.45) is 0. The number of benzene rings is 1. The number of nitrogens with one attached hydrogen (secondary N) is 1. The van der Waals surface area contributed by atoms with Gasteiger partial charge in [0.2, 0.25) is 0 Å². The fourth-order valence-corrected chi connectivity index (χ4v) is 1.16. The molecular formula is C8H10Cl2N2O. The Bertz CT molecular complexity index is 281. The van der Waals surface area contributed by atoms with Crippen molar-refractivity contribution in [3.63, 3.8) is 0 Å². The molecule has 3 N–H and O–H groups in total. The molecule has 0 saturated heterocycles. The van der Waals surface area contributed by atoms with Gasteiger partial charge >= 0.3 is 0 Å². The lowest BCUT2D eigenvalue weighted by molar-refractivity contribution is 0.148. The summed E-state index contributed by atoms with van der Waals surface area (Å²) in [6, 6.07) is 5.32. The normalized spacial score (nSPS) is 10.1. The molecular weight excluding hydrogens is 211 g/mol. The van der Waals surface area contributed by atoms with E-state index in [9.17, 15) is 0 Å². The highest BCUT2D eigenvalue weighted by atomic mass is 35.5. The molecule has 3 nitrogen and oxygen atoms in total. The highest BCUT2D eigenvalue weighted by Crippen LogP contribution is 2.24. The summed E-state index contributed by atoms with van der Waals surface area (Å²) in [6.45, 7) is 1.08. The minimum atomic E-state index is 0.445. The van der Waals surface area contributed by atoms with E-state index in [4.69, 9.17) is 29.1 Å². The first-order valence-corrected chi connectivity index (χ1v) is 4.50. The summed E-state index contributed by atoms with van der Waals surface area (Å²) >= 11 is 11.5. The summed E-state index contributed by atoms with van der Waals surface area (Å²) in [5.41, 5.74) is 0.895. The summed E-state index contributed by atoms with van der Waals surface area (Å²) in [5.74, 6) is 4.86. The van der Waals surface area contributed by atoms with E-state index < -0.39 is 0 Å². The van der Waals surface area contributed by atoms with E-state index in [0.717, 1.165) is 5.69 Å². The van der Waals surface area contributed by atoms with Crippen molar-refractivity contribution in [1.29, 1.82) is 0 Å². The van der Waals surface area contributed by atoms with Crippen molar-refractivity contribution < 1.29 is 4.84 Å². The van der Waals surface area contributed by atoms with E-state index >= 15 is 0 Å². The summed E-state index contributed by atoms with van der Waals surface area (Å²) in [5, 5.41) is 4.14. The van der Waals surface area contributed by atoms with Crippen LogP contribution in [-0.4, -0.2) is 13.2 Å². The molecule has 0 radical (unpaired) electrons. The molecule has 1 aromatic carbocycles. The quantitative estimate of drug-likeness (QED) is 0.605. The first-order chi connectivity index (χ1) is 6.24. The molecule has 72 valence electrons. The average Bonchev–Trinajstić information content (AvgIpc) is 2.12. The lowest BCUT2D eigenvalue weighted by Gasteiger charge is -2.05. The topological polar surface area (TPSA) is 47.3 Å². The number of halogens is 2. The first-order valence-electron chi connectivity index (χ1n) is 3.74. The van der Waals surface area contributed by atoms with Gasteiger partial charge in [0.05, 0.1) is 16.7 Å². The van der Waals surface area contributed by atoms with Crippen LogP contribution in [0.25, 0.3) is 0 Å². The fraction of sp³-hybridized carbons (Fsp3) is 0.250. The Morgan fingerprint density at radius 3 is 2.69 bits per heavy atom. The number of rotatable bonds is 4. The van der Waals surface area contributed by atoms with Crippen LogP contribution in [0, 0.1) is 0 Å². The van der Waals surface area contributed by atoms with Crippen LogP contribution in [0.3, 0.4) is 0 Å². The van der Waals surface area contributed by atoms with Crippen molar-refractivity contribution in [3.8, 4) is 0 Å². The molecule has 0 amide bonds. The molecule has 0 atom stereocenters. The van der Waals surface area contributed by atoms with Gasteiger partial charge in [-0.2, -0.15) is 0 Å². The third kappa shape index (κ3) is 3.40. The minimum Gasteiger partial charge on any atom is -0.383 e. The SMILES string of the molecule is NOCCNc1ccc(Cl)c(Cl)c1. The van der Waals surface area contributed by atoms with E-state index in [2.05, 4.69) is 10.2 Å². The van der Waals surface area contributed by atoms with Gasteiger partial charge in [-0.25, -0.2) is 5.90 Å². The van der Waals surface area contributed by atoms with E-state index in [1.165, 1.54) is 0 Å². The fourth-order valence-electron chi connectivity index (χ4n) is 0.860. The van der Waals surface area contributed by atoms with Crippen LogP contribution >= 0.6 is 23.2 Å². The lowest BCUT2D eigenvalue weighted by atomic mass is 10.3. The molecule has 0 aliphatic rings.